The van der Waals surface area contributed by atoms with E-state index < -0.39 is 23.7 Å². The van der Waals surface area contributed by atoms with Gasteiger partial charge in [-0.05, 0) is 19.1 Å². The number of ketones is 2. The van der Waals surface area contributed by atoms with Gasteiger partial charge in [0, 0.05) is 23.2 Å². The SMILES string of the molecule is COc1ccc(C2C(C(C)=O)C(=O)C(=O)N2c2nccs2)c(OC)c1. The summed E-state index contributed by atoms with van der Waals surface area (Å²) in [6.45, 7) is 1.31. The molecule has 0 saturated carbocycles. The number of methoxy groups -OCH3 is 2. The quantitative estimate of drug-likeness (QED) is 0.599. The number of ether oxygens (including phenoxy) is 2. The maximum Gasteiger partial charge on any atom is 0.297 e. The Morgan fingerprint density at radius 1 is 1.24 bits per heavy atom. The lowest BCUT2D eigenvalue weighted by Gasteiger charge is -2.26. The van der Waals surface area contributed by atoms with Gasteiger partial charge in [-0.15, -0.1) is 11.3 Å². The lowest BCUT2D eigenvalue weighted by Crippen LogP contribution is -2.30. The number of carbonyl (C=O) groups excluding carboxylic acids is 3. The smallest absolute Gasteiger partial charge is 0.297 e. The number of rotatable bonds is 5. The molecule has 25 heavy (non-hydrogen) atoms. The Hall–Kier alpha value is -2.74. The molecule has 1 fully saturated rings. The van der Waals surface area contributed by atoms with Gasteiger partial charge in [-0.2, -0.15) is 0 Å². The third-order valence-electron chi connectivity index (χ3n) is 4.13. The highest BCUT2D eigenvalue weighted by Crippen LogP contribution is 2.44. The van der Waals surface area contributed by atoms with Crippen molar-refractivity contribution in [2.45, 2.75) is 13.0 Å². The molecule has 130 valence electrons. The molecular formula is C17H16N2O5S. The fraction of sp³-hybridized carbons (Fsp3) is 0.294. The van der Waals surface area contributed by atoms with Crippen LogP contribution in [-0.4, -0.2) is 36.7 Å². The second-order valence-electron chi connectivity index (χ2n) is 5.50. The van der Waals surface area contributed by atoms with Gasteiger partial charge >= 0.3 is 0 Å². The summed E-state index contributed by atoms with van der Waals surface area (Å²) in [5, 5.41) is 2.07. The van der Waals surface area contributed by atoms with Crippen LogP contribution in [0.4, 0.5) is 5.13 Å². The molecule has 8 heteroatoms. The number of aromatic nitrogens is 1. The van der Waals surface area contributed by atoms with Crippen LogP contribution in [0.5, 0.6) is 11.5 Å². The van der Waals surface area contributed by atoms with Crippen molar-refractivity contribution in [3.05, 3.63) is 35.3 Å². The van der Waals surface area contributed by atoms with Gasteiger partial charge < -0.3 is 9.47 Å². The fourth-order valence-corrected chi connectivity index (χ4v) is 3.67. The largest absolute Gasteiger partial charge is 0.497 e. The first-order chi connectivity index (χ1) is 12.0. The fourth-order valence-electron chi connectivity index (χ4n) is 3.00. The highest BCUT2D eigenvalue weighted by molar-refractivity contribution is 7.14. The molecule has 1 amide bonds. The summed E-state index contributed by atoms with van der Waals surface area (Å²) in [5.41, 5.74) is 0.554. The van der Waals surface area contributed by atoms with E-state index in [1.165, 1.54) is 37.4 Å². The minimum absolute atomic E-state index is 0.366. The molecular weight excluding hydrogens is 344 g/mol. The van der Waals surface area contributed by atoms with Crippen molar-refractivity contribution in [2.24, 2.45) is 5.92 Å². The Morgan fingerprint density at radius 2 is 2.00 bits per heavy atom. The minimum atomic E-state index is -1.10. The average Bonchev–Trinajstić information content (AvgIpc) is 3.21. The third kappa shape index (κ3) is 2.78. The predicted octanol–water partition coefficient (Wildman–Crippen LogP) is 2.02. The zero-order valence-electron chi connectivity index (χ0n) is 13.9. The van der Waals surface area contributed by atoms with Crippen molar-refractivity contribution >= 4 is 33.9 Å². The predicted molar refractivity (Wildman–Crippen MR) is 91.1 cm³/mol. The Morgan fingerprint density at radius 3 is 2.56 bits per heavy atom. The normalized spacial score (nSPS) is 20.0. The van der Waals surface area contributed by atoms with Crippen molar-refractivity contribution in [1.29, 1.82) is 0 Å². The number of nitrogens with zero attached hydrogens (tertiary/aromatic N) is 2. The summed E-state index contributed by atoms with van der Waals surface area (Å²) in [4.78, 5) is 42.6. The van der Waals surface area contributed by atoms with Gasteiger partial charge in [-0.3, -0.25) is 19.3 Å². The highest BCUT2D eigenvalue weighted by Gasteiger charge is 2.52. The number of amides is 1. The van der Waals surface area contributed by atoms with Crippen molar-refractivity contribution < 1.29 is 23.9 Å². The molecule has 0 bridgehead atoms. The van der Waals surface area contributed by atoms with E-state index in [4.69, 9.17) is 9.47 Å². The van der Waals surface area contributed by atoms with Gasteiger partial charge in [0.2, 0.25) is 5.78 Å². The van der Waals surface area contributed by atoms with Crippen molar-refractivity contribution in [3.8, 4) is 11.5 Å². The van der Waals surface area contributed by atoms with E-state index in [0.29, 0.717) is 22.2 Å². The molecule has 2 heterocycles. The summed E-state index contributed by atoms with van der Waals surface area (Å²) in [5.74, 6) is -1.95. The molecule has 0 spiro atoms. The van der Waals surface area contributed by atoms with Gasteiger partial charge in [0.05, 0.1) is 20.3 Å². The van der Waals surface area contributed by atoms with Crippen LogP contribution < -0.4 is 14.4 Å². The Labute approximate surface area is 148 Å². The van der Waals surface area contributed by atoms with Gasteiger partial charge in [0.25, 0.3) is 5.91 Å². The minimum Gasteiger partial charge on any atom is -0.497 e. The Balaban J connectivity index is 2.19. The van der Waals surface area contributed by atoms with Crippen molar-refractivity contribution in [3.63, 3.8) is 0 Å². The number of hydrogen-bond acceptors (Lipinski definition) is 7. The van der Waals surface area contributed by atoms with Gasteiger partial charge in [-0.25, -0.2) is 4.98 Å². The molecule has 0 radical (unpaired) electrons. The van der Waals surface area contributed by atoms with Crippen LogP contribution in [-0.2, 0) is 14.4 Å². The summed E-state index contributed by atoms with van der Waals surface area (Å²) in [6, 6.07) is 4.25. The topological polar surface area (TPSA) is 85.8 Å². The van der Waals surface area contributed by atoms with Crippen LogP contribution in [0.3, 0.4) is 0 Å². The number of Topliss-reactive ketones (excluding diaryl/α,β-unsaturated/α-hetero) is 2. The first-order valence-electron chi connectivity index (χ1n) is 7.48. The molecule has 0 N–H and O–H groups in total. The van der Waals surface area contributed by atoms with E-state index in [-0.39, 0.29) is 5.78 Å². The highest BCUT2D eigenvalue weighted by atomic mass is 32.1. The number of carbonyl (C=O) groups is 3. The number of benzene rings is 1. The zero-order valence-corrected chi connectivity index (χ0v) is 14.7. The molecule has 1 saturated heterocycles. The molecule has 1 aromatic carbocycles. The molecule has 1 aliphatic rings. The number of thiazole rings is 1. The first-order valence-corrected chi connectivity index (χ1v) is 8.36. The number of hydrogen-bond donors (Lipinski definition) is 0. The molecule has 2 unspecified atom stereocenters. The Kier molecular flexibility index (Phi) is 4.54. The second kappa shape index (κ2) is 6.64. The summed E-state index contributed by atoms with van der Waals surface area (Å²) >= 11 is 1.22. The van der Waals surface area contributed by atoms with Crippen molar-refractivity contribution in [2.75, 3.05) is 19.1 Å². The lowest BCUT2D eigenvalue weighted by molar-refractivity contribution is -0.138. The molecule has 2 aromatic rings. The molecule has 7 nitrogen and oxygen atoms in total. The van der Waals surface area contributed by atoms with Gasteiger partial charge in [0.1, 0.15) is 23.2 Å². The standard InChI is InChI=1S/C17H16N2O5S/c1-9(20)13-14(11-5-4-10(23-2)8-12(11)24-3)19(16(22)15(13)21)17-18-6-7-25-17/h4-8,13-14H,1-3H3. The van der Waals surface area contributed by atoms with E-state index in [9.17, 15) is 14.4 Å². The number of anilines is 1. The van der Waals surface area contributed by atoms with Crippen LogP contribution in [0.1, 0.15) is 18.5 Å². The van der Waals surface area contributed by atoms with E-state index in [2.05, 4.69) is 4.98 Å². The third-order valence-corrected chi connectivity index (χ3v) is 4.90. The van der Waals surface area contributed by atoms with E-state index in [1.54, 1.807) is 29.8 Å². The van der Waals surface area contributed by atoms with Crippen LogP contribution in [0.25, 0.3) is 0 Å². The second-order valence-corrected chi connectivity index (χ2v) is 6.37. The van der Waals surface area contributed by atoms with Gasteiger partial charge in [-0.1, -0.05) is 0 Å². The summed E-state index contributed by atoms with van der Waals surface area (Å²) in [7, 11) is 3.00. The lowest BCUT2D eigenvalue weighted by atomic mass is 9.89. The molecule has 2 atom stereocenters. The molecule has 1 aromatic heterocycles. The zero-order chi connectivity index (χ0) is 18.1. The molecule has 1 aliphatic heterocycles. The van der Waals surface area contributed by atoms with Crippen molar-refractivity contribution in [1.82, 2.24) is 4.98 Å². The van der Waals surface area contributed by atoms with Crippen LogP contribution in [0.15, 0.2) is 29.8 Å². The van der Waals surface area contributed by atoms with Crippen LogP contribution in [0, 0.1) is 5.92 Å². The molecule has 3 rings (SSSR count). The maximum absolute atomic E-state index is 12.6. The molecule has 0 aliphatic carbocycles. The van der Waals surface area contributed by atoms with E-state index in [0.717, 1.165) is 0 Å². The summed E-state index contributed by atoms with van der Waals surface area (Å²) in [6.07, 6.45) is 1.54. The van der Waals surface area contributed by atoms with Crippen LogP contribution in [0.2, 0.25) is 0 Å². The first kappa shape index (κ1) is 17.1. The Bertz CT molecular complexity index is 834. The average molecular weight is 360 g/mol. The van der Waals surface area contributed by atoms with Crippen LogP contribution >= 0.6 is 11.3 Å². The van der Waals surface area contributed by atoms with E-state index in [1.807, 2.05) is 0 Å². The van der Waals surface area contributed by atoms with Gasteiger partial charge in [0.15, 0.2) is 5.13 Å². The monoisotopic (exact) mass is 360 g/mol. The summed E-state index contributed by atoms with van der Waals surface area (Å²) < 4.78 is 10.6. The maximum atomic E-state index is 12.6. The van der Waals surface area contributed by atoms with E-state index >= 15 is 0 Å².